The highest BCUT2D eigenvalue weighted by molar-refractivity contribution is 5.46. The molecule has 0 saturated carbocycles. The Hall–Kier alpha value is -1.81. The summed E-state index contributed by atoms with van der Waals surface area (Å²) >= 11 is 0. The van der Waals surface area contributed by atoms with Crippen LogP contribution in [0.1, 0.15) is 29.6 Å². The molecule has 0 aliphatic heterocycles. The summed E-state index contributed by atoms with van der Waals surface area (Å²) in [5, 5.41) is 7.64. The number of nitrogens with one attached hydrogen (secondary N) is 1. The Morgan fingerprint density at radius 1 is 1.35 bits per heavy atom. The summed E-state index contributed by atoms with van der Waals surface area (Å²) in [5.41, 5.74) is 9.75. The number of aryl methyl sites for hydroxylation is 1. The van der Waals surface area contributed by atoms with Crippen molar-refractivity contribution in [2.24, 2.45) is 12.8 Å². The quantitative estimate of drug-likeness (QED) is 0.826. The predicted molar refractivity (Wildman–Crippen MR) is 67.6 cm³/mol. The number of benzene rings is 1. The Bertz CT molecular complexity index is 532. The molecule has 2 aromatic rings. The zero-order chi connectivity index (χ0) is 11.8. The molecule has 0 radical (unpaired) electrons. The number of nitrogens with zero attached hydrogens (tertiary/aromatic N) is 2. The number of hydrogen-bond acceptors (Lipinski definition) is 3. The smallest absolute Gasteiger partial charge is 0.0731 e. The number of nitrogens with two attached hydrogens (primary N) is 1. The van der Waals surface area contributed by atoms with Crippen molar-refractivity contribution in [3.8, 4) is 0 Å². The van der Waals surface area contributed by atoms with Gasteiger partial charge in [-0.3, -0.25) is 4.68 Å². The minimum Gasteiger partial charge on any atom is -0.376 e. The second kappa shape index (κ2) is 3.89. The van der Waals surface area contributed by atoms with Crippen LogP contribution < -0.4 is 11.1 Å². The average Bonchev–Trinajstić information content (AvgIpc) is 2.86. The molecule has 1 aromatic heterocycles. The molecule has 3 rings (SSSR count). The first-order valence-corrected chi connectivity index (χ1v) is 5.83. The molecule has 0 fully saturated rings. The van der Waals surface area contributed by atoms with E-state index in [1.54, 1.807) is 4.68 Å². The third kappa shape index (κ3) is 1.80. The molecular formula is C13H16N4. The SMILES string of the molecule is Cn1cc(NC2CC(N)c3ccccc32)cn1. The molecule has 0 bridgehead atoms. The van der Waals surface area contributed by atoms with Crippen LogP contribution in [0.2, 0.25) is 0 Å². The molecule has 0 amide bonds. The number of fused-ring (bicyclic) bond motifs is 1. The van der Waals surface area contributed by atoms with Crippen molar-refractivity contribution in [3.05, 3.63) is 47.8 Å². The van der Waals surface area contributed by atoms with Crippen LogP contribution in [0.4, 0.5) is 5.69 Å². The van der Waals surface area contributed by atoms with Crippen molar-refractivity contribution < 1.29 is 0 Å². The van der Waals surface area contributed by atoms with Crippen LogP contribution in [-0.4, -0.2) is 9.78 Å². The Morgan fingerprint density at radius 3 is 2.82 bits per heavy atom. The second-order valence-corrected chi connectivity index (χ2v) is 4.57. The summed E-state index contributed by atoms with van der Waals surface area (Å²) in [6.07, 6.45) is 4.76. The van der Waals surface area contributed by atoms with Gasteiger partial charge < -0.3 is 11.1 Å². The van der Waals surface area contributed by atoms with Crippen molar-refractivity contribution in [1.82, 2.24) is 9.78 Å². The molecule has 1 heterocycles. The standard InChI is InChI=1S/C13H16N4/c1-17-8-9(7-15-17)16-13-6-12(14)10-4-2-3-5-11(10)13/h2-5,7-8,12-13,16H,6,14H2,1H3. The highest BCUT2D eigenvalue weighted by Crippen LogP contribution is 2.38. The van der Waals surface area contributed by atoms with Crippen molar-refractivity contribution in [1.29, 1.82) is 0 Å². The lowest BCUT2D eigenvalue weighted by Crippen LogP contribution is -2.09. The first-order valence-electron chi connectivity index (χ1n) is 5.83. The van der Waals surface area contributed by atoms with E-state index in [1.165, 1.54) is 11.1 Å². The number of anilines is 1. The molecule has 3 N–H and O–H groups in total. The van der Waals surface area contributed by atoms with Gasteiger partial charge in [0.25, 0.3) is 0 Å². The van der Waals surface area contributed by atoms with Gasteiger partial charge in [0.15, 0.2) is 0 Å². The Balaban J connectivity index is 1.87. The van der Waals surface area contributed by atoms with Gasteiger partial charge in [-0.15, -0.1) is 0 Å². The summed E-state index contributed by atoms with van der Waals surface area (Å²) in [6, 6.07) is 8.81. The van der Waals surface area contributed by atoms with E-state index >= 15 is 0 Å². The van der Waals surface area contributed by atoms with Gasteiger partial charge in [-0.25, -0.2) is 0 Å². The van der Waals surface area contributed by atoms with Gasteiger partial charge in [-0.05, 0) is 17.5 Å². The lowest BCUT2D eigenvalue weighted by atomic mass is 10.1. The first kappa shape index (κ1) is 10.4. The van der Waals surface area contributed by atoms with E-state index in [1.807, 2.05) is 25.5 Å². The van der Waals surface area contributed by atoms with E-state index in [-0.39, 0.29) is 6.04 Å². The van der Waals surface area contributed by atoms with Gasteiger partial charge in [0.1, 0.15) is 0 Å². The Kier molecular flexibility index (Phi) is 2.37. The second-order valence-electron chi connectivity index (χ2n) is 4.57. The van der Waals surface area contributed by atoms with Gasteiger partial charge in [0.2, 0.25) is 0 Å². The maximum Gasteiger partial charge on any atom is 0.0731 e. The van der Waals surface area contributed by atoms with Crippen LogP contribution in [0, 0.1) is 0 Å². The van der Waals surface area contributed by atoms with Crippen molar-refractivity contribution in [2.45, 2.75) is 18.5 Å². The topological polar surface area (TPSA) is 55.9 Å². The lowest BCUT2D eigenvalue weighted by Gasteiger charge is -2.13. The molecule has 1 aromatic carbocycles. The maximum atomic E-state index is 6.13. The normalized spacial score (nSPS) is 22.5. The largest absolute Gasteiger partial charge is 0.376 e. The summed E-state index contributed by atoms with van der Waals surface area (Å²) in [7, 11) is 1.92. The van der Waals surface area contributed by atoms with Crippen LogP contribution in [-0.2, 0) is 7.05 Å². The fourth-order valence-corrected chi connectivity index (χ4v) is 2.51. The van der Waals surface area contributed by atoms with Gasteiger partial charge in [0.05, 0.1) is 17.9 Å². The summed E-state index contributed by atoms with van der Waals surface area (Å²) in [6.45, 7) is 0. The van der Waals surface area contributed by atoms with Crippen molar-refractivity contribution in [3.63, 3.8) is 0 Å². The van der Waals surface area contributed by atoms with Gasteiger partial charge >= 0.3 is 0 Å². The Labute approximate surface area is 100 Å². The van der Waals surface area contributed by atoms with Gasteiger partial charge in [0, 0.05) is 19.3 Å². The highest BCUT2D eigenvalue weighted by Gasteiger charge is 2.28. The molecule has 17 heavy (non-hydrogen) atoms. The van der Waals surface area contributed by atoms with Crippen LogP contribution in [0.3, 0.4) is 0 Å². The van der Waals surface area contributed by atoms with Gasteiger partial charge in [-0.1, -0.05) is 24.3 Å². The number of rotatable bonds is 2. The van der Waals surface area contributed by atoms with E-state index in [0.717, 1.165) is 12.1 Å². The molecule has 2 atom stereocenters. The first-order chi connectivity index (χ1) is 8.24. The molecular weight excluding hydrogens is 212 g/mol. The van der Waals surface area contributed by atoms with Crippen LogP contribution in [0.15, 0.2) is 36.7 Å². The molecule has 4 nitrogen and oxygen atoms in total. The fourth-order valence-electron chi connectivity index (χ4n) is 2.51. The zero-order valence-corrected chi connectivity index (χ0v) is 9.80. The van der Waals surface area contributed by atoms with E-state index in [2.05, 4.69) is 28.6 Å². The molecule has 88 valence electrons. The highest BCUT2D eigenvalue weighted by atomic mass is 15.3. The van der Waals surface area contributed by atoms with E-state index in [0.29, 0.717) is 6.04 Å². The minimum atomic E-state index is 0.139. The Morgan fingerprint density at radius 2 is 2.12 bits per heavy atom. The van der Waals surface area contributed by atoms with Crippen LogP contribution >= 0.6 is 0 Å². The molecule has 0 spiro atoms. The molecule has 4 heteroatoms. The predicted octanol–water partition coefficient (Wildman–Crippen LogP) is 1.98. The summed E-state index contributed by atoms with van der Waals surface area (Å²) in [4.78, 5) is 0. The van der Waals surface area contributed by atoms with E-state index < -0.39 is 0 Å². The molecule has 1 aliphatic rings. The fraction of sp³-hybridized carbons (Fsp3) is 0.308. The maximum absolute atomic E-state index is 6.13. The summed E-state index contributed by atoms with van der Waals surface area (Å²) < 4.78 is 1.79. The molecule has 1 aliphatic carbocycles. The average molecular weight is 228 g/mol. The van der Waals surface area contributed by atoms with Crippen molar-refractivity contribution >= 4 is 5.69 Å². The molecule has 2 unspecified atom stereocenters. The lowest BCUT2D eigenvalue weighted by molar-refractivity contribution is 0.648. The monoisotopic (exact) mass is 228 g/mol. The van der Waals surface area contributed by atoms with E-state index in [9.17, 15) is 0 Å². The minimum absolute atomic E-state index is 0.139. The van der Waals surface area contributed by atoms with Crippen molar-refractivity contribution in [2.75, 3.05) is 5.32 Å². The van der Waals surface area contributed by atoms with Gasteiger partial charge in [-0.2, -0.15) is 5.10 Å². The number of aromatic nitrogens is 2. The van der Waals surface area contributed by atoms with Crippen LogP contribution in [0.25, 0.3) is 0 Å². The van der Waals surface area contributed by atoms with E-state index in [4.69, 9.17) is 5.73 Å². The molecule has 0 saturated heterocycles. The van der Waals surface area contributed by atoms with Crippen LogP contribution in [0.5, 0.6) is 0 Å². The third-order valence-electron chi connectivity index (χ3n) is 3.31. The number of hydrogen-bond donors (Lipinski definition) is 2. The summed E-state index contributed by atoms with van der Waals surface area (Å²) in [5.74, 6) is 0. The zero-order valence-electron chi connectivity index (χ0n) is 9.80. The third-order valence-corrected chi connectivity index (χ3v) is 3.31.